The van der Waals surface area contributed by atoms with Crippen molar-refractivity contribution in [2.24, 2.45) is 7.05 Å². The number of anilines is 3. The number of carbonyl (C=O) groups excluding carboxylic acids is 1. The van der Waals surface area contributed by atoms with Gasteiger partial charge in [-0.15, -0.1) is 0 Å². The molecule has 10 nitrogen and oxygen atoms in total. The average molecular weight is 456 g/mol. The maximum absolute atomic E-state index is 12.9. The number of nitrogens with zero attached hydrogens (tertiary/aromatic N) is 4. The SMILES string of the molecule is Cn1cc(NC(=O)Nc2ccc(-c3nc(N)cc(C(C)(C)S(=O)(=O)C4CC4)n3)cc2)cn1. The topological polar surface area (TPSA) is 145 Å². The summed E-state index contributed by atoms with van der Waals surface area (Å²) < 4.78 is 26.2. The smallest absolute Gasteiger partial charge is 0.323 e. The van der Waals surface area contributed by atoms with Gasteiger partial charge in [-0.05, 0) is 51.0 Å². The van der Waals surface area contributed by atoms with E-state index in [9.17, 15) is 13.2 Å². The quantitative estimate of drug-likeness (QED) is 0.518. The third-order valence-electron chi connectivity index (χ3n) is 5.40. The Kier molecular flexibility index (Phi) is 5.37. The van der Waals surface area contributed by atoms with Gasteiger partial charge < -0.3 is 16.4 Å². The number of sulfone groups is 1. The lowest BCUT2D eigenvalue weighted by molar-refractivity contribution is 0.262. The van der Waals surface area contributed by atoms with E-state index < -0.39 is 20.6 Å². The molecule has 2 aromatic heterocycles. The molecule has 1 saturated carbocycles. The first kappa shape index (κ1) is 21.8. The van der Waals surface area contributed by atoms with Crippen LogP contribution in [0.2, 0.25) is 0 Å². The molecule has 3 aromatic rings. The molecule has 32 heavy (non-hydrogen) atoms. The van der Waals surface area contributed by atoms with Crippen molar-refractivity contribution in [2.45, 2.75) is 36.7 Å². The molecule has 2 heterocycles. The van der Waals surface area contributed by atoms with Crippen LogP contribution in [0.3, 0.4) is 0 Å². The van der Waals surface area contributed by atoms with Gasteiger partial charge in [0.2, 0.25) is 0 Å². The Labute approximate surface area is 186 Å². The molecule has 1 fully saturated rings. The molecule has 2 amide bonds. The van der Waals surface area contributed by atoms with Crippen LogP contribution in [0.15, 0.2) is 42.7 Å². The van der Waals surface area contributed by atoms with Gasteiger partial charge in [0.25, 0.3) is 0 Å². The fourth-order valence-corrected chi connectivity index (χ4v) is 5.31. The Morgan fingerprint density at radius 2 is 1.78 bits per heavy atom. The second-order valence-electron chi connectivity index (χ2n) is 8.32. The van der Waals surface area contributed by atoms with Gasteiger partial charge in [0.15, 0.2) is 15.7 Å². The van der Waals surface area contributed by atoms with E-state index in [2.05, 4.69) is 25.7 Å². The van der Waals surface area contributed by atoms with Gasteiger partial charge in [-0.2, -0.15) is 5.10 Å². The van der Waals surface area contributed by atoms with E-state index >= 15 is 0 Å². The van der Waals surface area contributed by atoms with E-state index in [4.69, 9.17) is 5.73 Å². The summed E-state index contributed by atoms with van der Waals surface area (Å²) in [6.45, 7) is 3.31. The van der Waals surface area contributed by atoms with Crippen molar-refractivity contribution in [3.63, 3.8) is 0 Å². The average Bonchev–Trinajstić information content (AvgIpc) is 3.51. The summed E-state index contributed by atoms with van der Waals surface area (Å²) >= 11 is 0. The summed E-state index contributed by atoms with van der Waals surface area (Å²) in [5.74, 6) is 0.521. The molecule has 0 radical (unpaired) electrons. The van der Waals surface area contributed by atoms with E-state index in [1.807, 2.05) is 0 Å². The highest BCUT2D eigenvalue weighted by atomic mass is 32.2. The van der Waals surface area contributed by atoms with Crippen LogP contribution in [0.5, 0.6) is 0 Å². The maximum atomic E-state index is 12.9. The number of rotatable bonds is 6. The Hall–Kier alpha value is -3.47. The van der Waals surface area contributed by atoms with Crippen LogP contribution in [0, 0.1) is 0 Å². The number of carbonyl (C=O) groups is 1. The highest BCUT2D eigenvalue weighted by Crippen LogP contribution is 2.41. The fourth-order valence-electron chi connectivity index (χ4n) is 3.33. The number of nitrogens with two attached hydrogens (primary N) is 1. The lowest BCUT2D eigenvalue weighted by Gasteiger charge is -2.25. The number of amides is 2. The fraction of sp³-hybridized carbons (Fsp3) is 0.333. The molecule has 0 saturated heterocycles. The maximum Gasteiger partial charge on any atom is 0.323 e. The monoisotopic (exact) mass is 455 g/mol. The lowest BCUT2D eigenvalue weighted by atomic mass is 10.1. The molecule has 4 rings (SSSR count). The van der Waals surface area contributed by atoms with Crippen LogP contribution < -0.4 is 16.4 Å². The van der Waals surface area contributed by atoms with Crippen molar-refractivity contribution in [3.05, 3.63) is 48.4 Å². The van der Waals surface area contributed by atoms with Crippen molar-refractivity contribution in [1.82, 2.24) is 19.7 Å². The van der Waals surface area contributed by atoms with E-state index in [1.165, 1.54) is 6.07 Å². The molecule has 1 aliphatic rings. The van der Waals surface area contributed by atoms with Gasteiger partial charge in [-0.1, -0.05) is 0 Å². The van der Waals surface area contributed by atoms with E-state index in [0.717, 1.165) is 0 Å². The molecule has 168 valence electrons. The number of nitrogen functional groups attached to an aromatic ring is 1. The summed E-state index contributed by atoms with van der Waals surface area (Å²) in [5.41, 5.74) is 8.14. The number of benzene rings is 1. The minimum Gasteiger partial charge on any atom is -0.384 e. The van der Waals surface area contributed by atoms with Gasteiger partial charge >= 0.3 is 6.03 Å². The zero-order chi connectivity index (χ0) is 23.1. The van der Waals surface area contributed by atoms with Crippen molar-refractivity contribution < 1.29 is 13.2 Å². The zero-order valence-corrected chi connectivity index (χ0v) is 18.8. The molecule has 0 aliphatic heterocycles. The van der Waals surface area contributed by atoms with Crippen LogP contribution in [0.4, 0.5) is 22.0 Å². The number of aromatic nitrogens is 4. The Bertz CT molecular complexity index is 1260. The van der Waals surface area contributed by atoms with Gasteiger partial charge in [0, 0.05) is 30.6 Å². The zero-order valence-electron chi connectivity index (χ0n) is 18.0. The Balaban J connectivity index is 1.53. The highest BCUT2D eigenvalue weighted by Gasteiger charge is 2.48. The van der Waals surface area contributed by atoms with Gasteiger partial charge in [0.05, 0.1) is 22.8 Å². The molecule has 0 unspecified atom stereocenters. The van der Waals surface area contributed by atoms with E-state index in [1.54, 1.807) is 62.2 Å². The summed E-state index contributed by atoms with van der Waals surface area (Å²) in [6.07, 6.45) is 4.59. The Morgan fingerprint density at radius 3 is 2.38 bits per heavy atom. The van der Waals surface area contributed by atoms with Gasteiger partial charge in [-0.3, -0.25) is 4.68 Å². The van der Waals surface area contributed by atoms with E-state index in [0.29, 0.717) is 41.3 Å². The van der Waals surface area contributed by atoms with Crippen LogP contribution in [-0.4, -0.2) is 39.4 Å². The minimum atomic E-state index is -3.38. The third-order valence-corrected chi connectivity index (χ3v) is 8.38. The number of urea groups is 1. The minimum absolute atomic E-state index is 0.196. The van der Waals surface area contributed by atoms with Crippen LogP contribution in [-0.2, 0) is 21.6 Å². The first-order chi connectivity index (χ1) is 15.1. The van der Waals surface area contributed by atoms with Crippen LogP contribution >= 0.6 is 0 Å². The predicted molar refractivity (Wildman–Crippen MR) is 123 cm³/mol. The number of aryl methyl sites for hydroxylation is 1. The number of nitrogens with one attached hydrogen (secondary N) is 2. The molecule has 1 aliphatic carbocycles. The number of hydrogen-bond donors (Lipinski definition) is 3. The molecular weight excluding hydrogens is 430 g/mol. The molecule has 11 heteroatoms. The first-order valence-electron chi connectivity index (χ1n) is 10.1. The van der Waals surface area contributed by atoms with E-state index in [-0.39, 0.29) is 11.1 Å². The standard InChI is InChI=1S/C21H25N7O3S/c1-21(2,32(30,31)16-8-9-16)17-10-18(22)27-19(26-17)13-4-6-14(7-5-13)24-20(29)25-15-11-23-28(3)12-15/h4-7,10-12,16H,8-9H2,1-3H3,(H2,22,26,27)(H2,24,25,29). The molecule has 0 spiro atoms. The van der Waals surface area contributed by atoms with Gasteiger partial charge in [-0.25, -0.2) is 23.2 Å². The second kappa shape index (κ2) is 7.90. The molecule has 1 aromatic carbocycles. The van der Waals surface area contributed by atoms with Crippen molar-refractivity contribution in [3.8, 4) is 11.4 Å². The summed E-state index contributed by atoms with van der Waals surface area (Å²) in [4.78, 5) is 20.9. The van der Waals surface area contributed by atoms with Crippen LogP contribution in [0.25, 0.3) is 11.4 Å². The normalized spacial score (nSPS) is 14.2. The summed E-state index contributed by atoms with van der Waals surface area (Å²) in [6, 6.07) is 8.00. The van der Waals surface area contributed by atoms with Crippen molar-refractivity contribution in [2.75, 3.05) is 16.4 Å². The predicted octanol–water partition coefficient (Wildman–Crippen LogP) is 2.92. The largest absolute Gasteiger partial charge is 0.384 e. The van der Waals surface area contributed by atoms with Crippen molar-refractivity contribution in [1.29, 1.82) is 0 Å². The molecule has 0 bridgehead atoms. The molecule has 0 atom stereocenters. The second-order valence-corrected chi connectivity index (χ2v) is 11.1. The summed E-state index contributed by atoms with van der Waals surface area (Å²) in [7, 11) is -1.63. The number of hydrogen-bond acceptors (Lipinski definition) is 7. The lowest BCUT2D eigenvalue weighted by Crippen LogP contribution is -2.33. The van der Waals surface area contributed by atoms with Crippen LogP contribution in [0.1, 0.15) is 32.4 Å². The van der Waals surface area contributed by atoms with Gasteiger partial charge in [0.1, 0.15) is 10.6 Å². The third kappa shape index (κ3) is 4.28. The van der Waals surface area contributed by atoms with Crippen molar-refractivity contribution >= 4 is 33.1 Å². The highest BCUT2D eigenvalue weighted by molar-refractivity contribution is 7.93. The Morgan fingerprint density at radius 1 is 1.12 bits per heavy atom. The molecular formula is C21H25N7O3S. The molecule has 4 N–H and O–H groups in total. The summed E-state index contributed by atoms with van der Waals surface area (Å²) in [5, 5.41) is 9.09. The first-order valence-corrected chi connectivity index (χ1v) is 11.7.